The summed E-state index contributed by atoms with van der Waals surface area (Å²) in [5.41, 5.74) is 0.809. The van der Waals surface area contributed by atoms with Crippen LogP contribution in [0.15, 0.2) is 34.0 Å². The Balaban J connectivity index is 0.00000180. The first-order valence-electron chi connectivity index (χ1n) is 5.26. The van der Waals surface area contributed by atoms with E-state index in [1.165, 1.54) is 0 Å². The molecule has 1 aromatic heterocycles. The number of aryl methyl sites for hydroxylation is 1. The topological polar surface area (TPSA) is 114 Å². The Morgan fingerprint density at radius 2 is 1.74 bits per heavy atom. The lowest BCUT2D eigenvalue weighted by Crippen LogP contribution is -2.06. The fourth-order valence-corrected chi connectivity index (χ4v) is 2.16. The Labute approximate surface area is 111 Å². The number of carbonyl (C=O) groups excluding carboxylic acids is 1. The summed E-state index contributed by atoms with van der Waals surface area (Å²) in [4.78, 5) is 28.8. The Hall–Kier alpha value is -1.99. The number of H-pyrrole nitrogens is 2. The lowest BCUT2D eigenvalue weighted by Gasteiger charge is -2.01. The molecule has 0 fully saturated rings. The van der Waals surface area contributed by atoms with Crippen LogP contribution in [0.4, 0.5) is 0 Å². The highest BCUT2D eigenvalue weighted by molar-refractivity contribution is 7.84. The van der Waals surface area contributed by atoms with Crippen LogP contribution in [0.3, 0.4) is 0 Å². The van der Waals surface area contributed by atoms with Crippen LogP contribution in [0.5, 0.6) is 0 Å². The summed E-state index contributed by atoms with van der Waals surface area (Å²) in [7, 11) is -1.07. The first kappa shape index (κ1) is 15.1. The number of aromatic nitrogens is 2. The van der Waals surface area contributed by atoms with Crippen LogP contribution in [0, 0.1) is 6.92 Å². The van der Waals surface area contributed by atoms with Gasteiger partial charge in [0, 0.05) is 33.2 Å². The van der Waals surface area contributed by atoms with E-state index in [1.807, 2.05) is 0 Å². The van der Waals surface area contributed by atoms with Crippen LogP contribution in [-0.2, 0) is 10.8 Å². The zero-order valence-electron chi connectivity index (χ0n) is 10.4. The molecule has 7 heteroatoms. The van der Waals surface area contributed by atoms with Gasteiger partial charge in [0.1, 0.15) is 5.69 Å². The molecule has 2 aromatic rings. The first-order chi connectivity index (χ1) is 8.49. The number of aromatic amines is 2. The van der Waals surface area contributed by atoms with Gasteiger partial charge in [-0.1, -0.05) is 0 Å². The third kappa shape index (κ3) is 3.07. The quantitative estimate of drug-likeness (QED) is 0.781. The van der Waals surface area contributed by atoms with Gasteiger partial charge in [0.05, 0.1) is 0 Å². The predicted octanol–water partition coefficient (Wildman–Crippen LogP) is 0.155. The zero-order chi connectivity index (χ0) is 13.3. The first-order valence-corrected chi connectivity index (χ1v) is 6.82. The highest BCUT2D eigenvalue weighted by Crippen LogP contribution is 2.12. The molecule has 0 radical (unpaired) electrons. The summed E-state index contributed by atoms with van der Waals surface area (Å²) in [5.74, 6) is -0.265. The van der Waals surface area contributed by atoms with Crippen LogP contribution in [0.25, 0.3) is 0 Å². The molecule has 1 atom stereocenters. The molecule has 0 spiro atoms. The summed E-state index contributed by atoms with van der Waals surface area (Å²) in [6, 6.07) is 6.49. The molecule has 1 aromatic carbocycles. The van der Waals surface area contributed by atoms with E-state index >= 15 is 0 Å². The number of carbonyl (C=O) groups is 1. The summed E-state index contributed by atoms with van der Waals surface area (Å²) in [6.45, 7) is 1.65. The van der Waals surface area contributed by atoms with Crippen LogP contribution in [-0.4, -0.2) is 31.7 Å². The van der Waals surface area contributed by atoms with Gasteiger partial charge in [-0.15, -0.1) is 0 Å². The van der Waals surface area contributed by atoms with Crippen molar-refractivity contribution in [2.75, 3.05) is 6.26 Å². The highest BCUT2D eigenvalue weighted by atomic mass is 32.2. The maximum absolute atomic E-state index is 12.1. The maximum atomic E-state index is 12.1. The van der Waals surface area contributed by atoms with Crippen molar-refractivity contribution in [3.05, 3.63) is 51.7 Å². The molecule has 0 bridgehead atoms. The van der Waals surface area contributed by atoms with Gasteiger partial charge in [-0.05, 0) is 31.2 Å². The average molecular weight is 282 g/mol. The molecule has 19 heavy (non-hydrogen) atoms. The van der Waals surface area contributed by atoms with Crippen LogP contribution in [0.1, 0.15) is 21.7 Å². The molecule has 102 valence electrons. The smallest absolute Gasteiger partial charge is 0.323 e. The summed E-state index contributed by atoms with van der Waals surface area (Å²) >= 11 is 0. The van der Waals surface area contributed by atoms with Gasteiger partial charge < -0.3 is 15.4 Å². The van der Waals surface area contributed by atoms with Crippen molar-refractivity contribution in [1.29, 1.82) is 0 Å². The number of imidazole rings is 1. The van der Waals surface area contributed by atoms with Crippen molar-refractivity contribution in [2.45, 2.75) is 11.8 Å². The minimum Gasteiger partial charge on any atom is -0.412 e. The van der Waals surface area contributed by atoms with Crippen molar-refractivity contribution in [3.63, 3.8) is 0 Å². The Bertz CT molecular complexity index is 670. The second kappa shape index (κ2) is 5.77. The van der Waals surface area contributed by atoms with E-state index in [0.29, 0.717) is 16.2 Å². The van der Waals surface area contributed by atoms with E-state index in [9.17, 15) is 13.8 Å². The minimum atomic E-state index is -1.07. The van der Waals surface area contributed by atoms with E-state index in [1.54, 1.807) is 37.4 Å². The van der Waals surface area contributed by atoms with Gasteiger partial charge in [0.25, 0.3) is 0 Å². The molecule has 0 aliphatic rings. The molecular weight excluding hydrogens is 268 g/mol. The third-order valence-electron chi connectivity index (χ3n) is 2.59. The third-order valence-corrected chi connectivity index (χ3v) is 3.53. The van der Waals surface area contributed by atoms with E-state index in [4.69, 9.17) is 0 Å². The second-order valence-electron chi connectivity index (χ2n) is 3.89. The predicted molar refractivity (Wildman–Crippen MR) is 72.0 cm³/mol. The van der Waals surface area contributed by atoms with E-state index in [0.717, 1.165) is 0 Å². The number of hydrogen-bond acceptors (Lipinski definition) is 3. The molecule has 1 unspecified atom stereocenters. The van der Waals surface area contributed by atoms with Crippen LogP contribution >= 0.6 is 0 Å². The maximum Gasteiger partial charge on any atom is 0.323 e. The molecule has 2 rings (SSSR count). The van der Waals surface area contributed by atoms with E-state index in [-0.39, 0.29) is 17.0 Å². The second-order valence-corrected chi connectivity index (χ2v) is 5.27. The van der Waals surface area contributed by atoms with Gasteiger partial charge >= 0.3 is 5.69 Å². The normalized spacial score (nSPS) is 11.7. The number of rotatable bonds is 3. The molecule has 1 heterocycles. The van der Waals surface area contributed by atoms with E-state index in [2.05, 4.69) is 9.97 Å². The number of benzene rings is 1. The van der Waals surface area contributed by atoms with Gasteiger partial charge in [-0.25, -0.2) is 4.79 Å². The summed E-state index contributed by atoms with van der Waals surface area (Å²) in [6.07, 6.45) is 1.57. The van der Waals surface area contributed by atoms with Crippen molar-refractivity contribution in [1.82, 2.24) is 9.97 Å². The van der Waals surface area contributed by atoms with Crippen LogP contribution < -0.4 is 5.69 Å². The van der Waals surface area contributed by atoms with Gasteiger partial charge in [-0.2, -0.15) is 0 Å². The van der Waals surface area contributed by atoms with E-state index < -0.39 is 16.5 Å². The Morgan fingerprint density at radius 3 is 2.16 bits per heavy atom. The Kier molecular flexibility index (Phi) is 4.57. The summed E-state index contributed by atoms with van der Waals surface area (Å²) < 4.78 is 11.2. The molecule has 0 amide bonds. The fourth-order valence-electron chi connectivity index (χ4n) is 1.64. The van der Waals surface area contributed by atoms with Gasteiger partial charge in [-0.3, -0.25) is 9.00 Å². The molecule has 6 nitrogen and oxygen atoms in total. The largest absolute Gasteiger partial charge is 0.412 e. The number of hydrogen-bond donors (Lipinski definition) is 2. The van der Waals surface area contributed by atoms with Gasteiger partial charge in [0.2, 0.25) is 5.78 Å². The lowest BCUT2D eigenvalue weighted by atomic mass is 10.1. The monoisotopic (exact) mass is 282 g/mol. The average Bonchev–Trinajstić information content (AvgIpc) is 2.67. The van der Waals surface area contributed by atoms with Gasteiger partial charge in [0.15, 0.2) is 0 Å². The summed E-state index contributed by atoms with van der Waals surface area (Å²) in [5, 5.41) is 0. The molecule has 4 N–H and O–H groups in total. The lowest BCUT2D eigenvalue weighted by molar-refractivity contribution is 0.103. The fraction of sp³-hybridized carbons (Fsp3) is 0.167. The zero-order valence-corrected chi connectivity index (χ0v) is 11.3. The standard InChI is InChI=1S/C12H12N2O3S.H2O/c1-7-10(14-12(16)13-7)11(15)8-3-5-9(6-4-8)18(2)17;/h3-6H,1-2H3,(H2,13,14,16);1H2. The number of ketones is 1. The van der Waals surface area contributed by atoms with Crippen LogP contribution in [0.2, 0.25) is 0 Å². The van der Waals surface area contributed by atoms with Crippen molar-refractivity contribution in [3.8, 4) is 0 Å². The molecule has 0 aliphatic heterocycles. The van der Waals surface area contributed by atoms with Crippen molar-refractivity contribution in [2.24, 2.45) is 0 Å². The molecule has 0 aliphatic carbocycles. The van der Waals surface area contributed by atoms with Crippen molar-refractivity contribution < 1.29 is 14.5 Å². The molecular formula is C12H14N2O4S. The molecule has 0 saturated heterocycles. The Morgan fingerprint density at radius 1 is 1.16 bits per heavy atom. The molecule has 0 saturated carbocycles. The highest BCUT2D eigenvalue weighted by Gasteiger charge is 2.14. The SMILES string of the molecule is Cc1[nH]c(=O)[nH]c1C(=O)c1ccc(S(C)=O)cc1.O. The van der Waals surface area contributed by atoms with Crippen molar-refractivity contribution >= 4 is 16.6 Å². The number of nitrogens with one attached hydrogen (secondary N) is 2. The minimum absolute atomic E-state index is 0.